The molecule has 1 N–H and O–H groups in total. The zero-order valence-electron chi connectivity index (χ0n) is 22.5. The molecule has 3 heteroatoms. The lowest BCUT2D eigenvalue weighted by Crippen LogP contribution is -2.26. The number of hydrogen-bond donors (Lipinski definition) is 1. The highest BCUT2D eigenvalue weighted by Gasteiger charge is 2.01. The Kier molecular flexibility index (Phi) is 26.2. The van der Waals surface area contributed by atoms with Crippen LogP contribution in [0, 0.1) is 0 Å². The Morgan fingerprint density at radius 3 is 1.22 bits per heavy atom. The molecule has 0 saturated heterocycles. The van der Waals surface area contributed by atoms with Crippen molar-refractivity contribution in [2.75, 3.05) is 27.2 Å². The van der Waals surface area contributed by atoms with Gasteiger partial charge in [-0.25, -0.2) is 0 Å². The van der Waals surface area contributed by atoms with Crippen molar-refractivity contribution in [3.8, 4) is 0 Å². The Balaban J connectivity index is 3.10. The van der Waals surface area contributed by atoms with Gasteiger partial charge in [0.05, 0.1) is 0 Å². The van der Waals surface area contributed by atoms with E-state index in [2.05, 4.69) is 31.2 Å². The molecule has 0 saturated carbocycles. The molecule has 0 aromatic carbocycles. The lowest BCUT2D eigenvalue weighted by Gasteiger charge is -2.09. The minimum absolute atomic E-state index is 0.238. The Labute approximate surface area is 202 Å². The summed E-state index contributed by atoms with van der Waals surface area (Å²) in [5.41, 5.74) is 0. The third-order valence-corrected chi connectivity index (χ3v) is 6.61. The second kappa shape index (κ2) is 26.7. The first kappa shape index (κ1) is 31.4. The van der Waals surface area contributed by atoms with Crippen molar-refractivity contribution < 1.29 is 4.79 Å². The molecule has 0 unspecified atom stereocenters. The van der Waals surface area contributed by atoms with E-state index in [-0.39, 0.29) is 5.91 Å². The summed E-state index contributed by atoms with van der Waals surface area (Å²) < 4.78 is 0. The smallest absolute Gasteiger partial charge is 0.219 e. The molecule has 0 aromatic rings. The maximum Gasteiger partial charge on any atom is 0.219 e. The molecule has 0 aliphatic heterocycles. The summed E-state index contributed by atoms with van der Waals surface area (Å²) in [6.07, 6.45) is 31.2. The predicted molar refractivity (Wildman–Crippen MR) is 143 cm³/mol. The number of unbranched alkanes of at least 4 members (excludes halogenated alkanes) is 20. The van der Waals surface area contributed by atoms with Crippen LogP contribution < -0.4 is 5.32 Å². The van der Waals surface area contributed by atoms with Crippen LogP contribution in [0.3, 0.4) is 0 Å². The van der Waals surface area contributed by atoms with E-state index >= 15 is 0 Å². The molecule has 192 valence electrons. The van der Waals surface area contributed by atoms with Gasteiger partial charge in [-0.3, -0.25) is 4.79 Å². The van der Waals surface area contributed by atoms with Crippen LogP contribution in [0.2, 0.25) is 0 Å². The van der Waals surface area contributed by atoms with E-state index in [1.54, 1.807) is 0 Å². The van der Waals surface area contributed by atoms with Gasteiger partial charge in [0.25, 0.3) is 0 Å². The number of carbonyl (C=O) groups excluding carboxylic acids is 1. The van der Waals surface area contributed by atoms with Crippen molar-refractivity contribution in [1.82, 2.24) is 10.2 Å². The molecule has 0 bridgehead atoms. The van der Waals surface area contributed by atoms with E-state index in [9.17, 15) is 4.79 Å². The second-order valence-corrected chi connectivity index (χ2v) is 10.3. The van der Waals surface area contributed by atoms with Crippen molar-refractivity contribution in [3.63, 3.8) is 0 Å². The first-order valence-electron chi connectivity index (χ1n) is 14.6. The van der Waals surface area contributed by atoms with Gasteiger partial charge in [-0.05, 0) is 33.5 Å². The Bertz CT molecular complexity index is 370. The van der Waals surface area contributed by atoms with E-state index in [1.165, 1.54) is 128 Å². The zero-order valence-corrected chi connectivity index (χ0v) is 22.5. The van der Waals surface area contributed by atoms with Crippen molar-refractivity contribution in [2.24, 2.45) is 0 Å². The van der Waals surface area contributed by atoms with Gasteiger partial charge in [-0.1, -0.05) is 135 Å². The number of hydrogen-bond acceptors (Lipinski definition) is 2. The quantitative estimate of drug-likeness (QED) is 0.133. The second-order valence-electron chi connectivity index (χ2n) is 10.3. The van der Waals surface area contributed by atoms with E-state index < -0.39 is 0 Å². The summed E-state index contributed by atoms with van der Waals surface area (Å²) in [5, 5.41) is 3.03. The summed E-state index contributed by atoms with van der Waals surface area (Å²) in [7, 11) is 4.14. The van der Waals surface area contributed by atoms with Gasteiger partial charge in [-0.15, -0.1) is 0 Å². The molecule has 0 aliphatic rings. The molecule has 0 aromatic heterocycles. The van der Waals surface area contributed by atoms with Crippen molar-refractivity contribution in [1.29, 1.82) is 0 Å². The van der Waals surface area contributed by atoms with Crippen molar-refractivity contribution in [3.05, 3.63) is 0 Å². The van der Waals surface area contributed by atoms with Crippen LogP contribution >= 0.6 is 0 Å². The van der Waals surface area contributed by atoms with E-state index in [1.807, 2.05) is 0 Å². The van der Waals surface area contributed by atoms with Crippen molar-refractivity contribution in [2.45, 2.75) is 155 Å². The van der Waals surface area contributed by atoms with Crippen LogP contribution in [0.15, 0.2) is 0 Å². The van der Waals surface area contributed by atoms with Gasteiger partial charge < -0.3 is 10.2 Å². The number of carbonyl (C=O) groups is 1. The van der Waals surface area contributed by atoms with Crippen LogP contribution in [0.5, 0.6) is 0 Å². The SMILES string of the molecule is CCCCCCCCCCCCCCCCCCCCCCCC(=O)NCCCN(C)C. The lowest BCUT2D eigenvalue weighted by atomic mass is 10.0. The molecule has 0 rings (SSSR count). The molecular weight excluding hydrogens is 392 g/mol. The molecule has 0 spiro atoms. The van der Waals surface area contributed by atoms with Crippen LogP contribution in [0.25, 0.3) is 0 Å². The highest BCUT2D eigenvalue weighted by molar-refractivity contribution is 5.75. The molecule has 32 heavy (non-hydrogen) atoms. The molecule has 0 atom stereocenters. The maximum absolute atomic E-state index is 11.8. The number of nitrogens with zero attached hydrogens (tertiary/aromatic N) is 1. The lowest BCUT2D eigenvalue weighted by molar-refractivity contribution is -0.121. The minimum atomic E-state index is 0.238. The van der Waals surface area contributed by atoms with E-state index in [0.717, 1.165) is 25.9 Å². The molecule has 0 fully saturated rings. The first-order chi connectivity index (χ1) is 15.7. The average Bonchev–Trinajstić information content (AvgIpc) is 2.77. The maximum atomic E-state index is 11.8. The Morgan fingerprint density at radius 2 is 0.875 bits per heavy atom. The van der Waals surface area contributed by atoms with Crippen LogP contribution in [0.4, 0.5) is 0 Å². The minimum Gasteiger partial charge on any atom is -0.356 e. The normalized spacial score (nSPS) is 11.4. The summed E-state index contributed by atoms with van der Waals surface area (Å²) >= 11 is 0. The monoisotopic (exact) mass is 452 g/mol. The summed E-state index contributed by atoms with van der Waals surface area (Å²) in [5.74, 6) is 0.238. The third-order valence-electron chi connectivity index (χ3n) is 6.61. The number of nitrogens with one attached hydrogen (secondary N) is 1. The summed E-state index contributed by atoms with van der Waals surface area (Å²) in [4.78, 5) is 13.9. The molecule has 3 nitrogen and oxygen atoms in total. The molecule has 1 amide bonds. The average molecular weight is 453 g/mol. The van der Waals surface area contributed by atoms with E-state index in [0.29, 0.717) is 6.42 Å². The van der Waals surface area contributed by atoms with Gasteiger partial charge in [-0.2, -0.15) is 0 Å². The Morgan fingerprint density at radius 1 is 0.531 bits per heavy atom. The van der Waals surface area contributed by atoms with Crippen LogP contribution in [0.1, 0.15) is 155 Å². The highest BCUT2D eigenvalue weighted by Crippen LogP contribution is 2.15. The van der Waals surface area contributed by atoms with Crippen LogP contribution in [-0.4, -0.2) is 38.0 Å². The molecular formula is C29H60N2O. The standard InChI is InChI=1S/C29H60N2O/c1-4-5-6-7-8-9-10-11-12-13-14-15-16-17-18-19-20-21-22-23-24-26-29(32)30-27-25-28-31(2)3/h4-28H2,1-3H3,(H,30,32). The van der Waals surface area contributed by atoms with Gasteiger partial charge in [0.15, 0.2) is 0 Å². The fourth-order valence-corrected chi connectivity index (χ4v) is 4.43. The largest absolute Gasteiger partial charge is 0.356 e. The highest BCUT2D eigenvalue weighted by atomic mass is 16.1. The summed E-state index contributed by atoms with van der Waals surface area (Å²) in [6.45, 7) is 4.15. The summed E-state index contributed by atoms with van der Waals surface area (Å²) in [6, 6.07) is 0. The predicted octanol–water partition coefficient (Wildman–Crippen LogP) is 8.66. The molecule has 0 heterocycles. The molecule has 0 radical (unpaired) electrons. The fraction of sp³-hybridized carbons (Fsp3) is 0.966. The van der Waals surface area contributed by atoms with Gasteiger partial charge >= 0.3 is 0 Å². The zero-order chi connectivity index (χ0) is 23.5. The fourth-order valence-electron chi connectivity index (χ4n) is 4.43. The Hall–Kier alpha value is -0.570. The molecule has 0 aliphatic carbocycles. The number of rotatable bonds is 26. The third kappa shape index (κ3) is 27.5. The van der Waals surface area contributed by atoms with Crippen LogP contribution in [-0.2, 0) is 4.79 Å². The van der Waals surface area contributed by atoms with E-state index in [4.69, 9.17) is 0 Å². The topological polar surface area (TPSA) is 32.3 Å². The van der Waals surface area contributed by atoms with Gasteiger partial charge in [0.1, 0.15) is 0 Å². The van der Waals surface area contributed by atoms with Crippen molar-refractivity contribution >= 4 is 5.91 Å². The van der Waals surface area contributed by atoms with Gasteiger partial charge in [0, 0.05) is 13.0 Å². The van der Waals surface area contributed by atoms with Gasteiger partial charge in [0.2, 0.25) is 5.91 Å². The number of amides is 1. The first-order valence-corrected chi connectivity index (χ1v) is 14.6.